The predicted octanol–water partition coefficient (Wildman–Crippen LogP) is 0.945. The number of rotatable bonds is 3. The maximum atomic E-state index is 12.2. The normalized spacial score (nSPS) is 12.3. The van der Waals surface area contributed by atoms with E-state index in [1.54, 1.807) is 0 Å². The number of aryl methyl sites for hydroxylation is 1. The van der Waals surface area contributed by atoms with Crippen LogP contribution >= 0.6 is 0 Å². The van der Waals surface area contributed by atoms with Gasteiger partial charge in [-0.15, -0.1) is 13.2 Å². The molecule has 0 spiro atoms. The molecule has 6 nitrogen and oxygen atoms in total. The van der Waals surface area contributed by atoms with Gasteiger partial charge in [-0.05, 0) is 6.92 Å². The van der Waals surface area contributed by atoms with Crippen molar-refractivity contribution in [2.24, 2.45) is 5.14 Å². The molecule has 0 aromatic carbocycles. The number of alkyl halides is 3. The Labute approximate surface area is 101 Å². The minimum atomic E-state index is -5.08. The van der Waals surface area contributed by atoms with E-state index in [1.807, 2.05) is 0 Å². The topological polar surface area (TPSA) is 91.5 Å². The lowest BCUT2D eigenvalue weighted by atomic mass is 10.3. The van der Waals surface area contributed by atoms with Gasteiger partial charge in [0.25, 0.3) is 0 Å². The molecule has 18 heavy (non-hydrogen) atoms. The standard InChI is InChI=1S/C8H9F3N2O4S/c1-4-7(18(12,14)15)6(17-8(9,10)11)5(16-2)3-13-4/h3H,1-2H3,(H2,12,14,15). The summed E-state index contributed by atoms with van der Waals surface area (Å²) >= 11 is 0. The first-order valence-electron chi connectivity index (χ1n) is 4.38. The number of halogens is 3. The summed E-state index contributed by atoms with van der Waals surface area (Å²) in [6, 6.07) is 0. The number of primary sulfonamides is 1. The molecule has 0 aliphatic rings. The van der Waals surface area contributed by atoms with Crippen LogP contribution in [0.15, 0.2) is 11.1 Å². The molecule has 10 heteroatoms. The van der Waals surface area contributed by atoms with Gasteiger partial charge in [-0.1, -0.05) is 0 Å². The number of hydrogen-bond acceptors (Lipinski definition) is 5. The van der Waals surface area contributed by atoms with Gasteiger partial charge >= 0.3 is 6.36 Å². The Hall–Kier alpha value is -1.55. The van der Waals surface area contributed by atoms with Crippen molar-refractivity contribution < 1.29 is 31.1 Å². The molecule has 0 saturated heterocycles. The van der Waals surface area contributed by atoms with Crippen LogP contribution in [0.5, 0.6) is 11.5 Å². The highest BCUT2D eigenvalue weighted by Crippen LogP contribution is 2.38. The maximum Gasteiger partial charge on any atom is 0.573 e. The Morgan fingerprint density at radius 2 is 1.94 bits per heavy atom. The molecule has 0 saturated carbocycles. The highest BCUT2D eigenvalue weighted by atomic mass is 32.2. The zero-order valence-electron chi connectivity index (χ0n) is 9.28. The monoisotopic (exact) mass is 286 g/mol. The number of sulfonamides is 1. The van der Waals surface area contributed by atoms with Crippen LogP contribution in [0.25, 0.3) is 0 Å². The predicted molar refractivity (Wildman–Crippen MR) is 53.6 cm³/mol. The molecule has 0 radical (unpaired) electrons. The summed E-state index contributed by atoms with van der Waals surface area (Å²) in [5.74, 6) is -1.51. The first-order valence-corrected chi connectivity index (χ1v) is 5.93. The minimum absolute atomic E-state index is 0.224. The molecule has 0 amide bonds. The summed E-state index contributed by atoms with van der Waals surface area (Å²) in [7, 11) is -3.39. The molecule has 102 valence electrons. The van der Waals surface area contributed by atoms with E-state index >= 15 is 0 Å². The van der Waals surface area contributed by atoms with Crippen molar-refractivity contribution in [3.8, 4) is 11.5 Å². The quantitative estimate of drug-likeness (QED) is 0.893. The number of aromatic nitrogens is 1. The molecule has 1 aromatic heterocycles. The van der Waals surface area contributed by atoms with Crippen LogP contribution in [0.3, 0.4) is 0 Å². The van der Waals surface area contributed by atoms with Gasteiger partial charge in [-0.2, -0.15) is 0 Å². The molecular weight excluding hydrogens is 277 g/mol. The second-order valence-corrected chi connectivity index (χ2v) is 4.66. The zero-order valence-corrected chi connectivity index (χ0v) is 10.1. The van der Waals surface area contributed by atoms with Gasteiger partial charge in [0.2, 0.25) is 10.0 Å². The van der Waals surface area contributed by atoms with Crippen molar-refractivity contribution >= 4 is 10.0 Å². The van der Waals surface area contributed by atoms with Gasteiger partial charge in [0, 0.05) is 0 Å². The minimum Gasteiger partial charge on any atom is -0.491 e. The van der Waals surface area contributed by atoms with Crippen molar-refractivity contribution in [1.82, 2.24) is 4.98 Å². The average molecular weight is 286 g/mol. The van der Waals surface area contributed by atoms with Crippen LogP contribution in [0.1, 0.15) is 5.69 Å². The molecule has 0 fully saturated rings. The van der Waals surface area contributed by atoms with E-state index in [9.17, 15) is 21.6 Å². The third-order valence-corrected chi connectivity index (χ3v) is 2.91. The van der Waals surface area contributed by atoms with Crippen LogP contribution < -0.4 is 14.6 Å². The van der Waals surface area contributed by atoms with Crippen LogP contribution in [0, 0.1) is 6.92 Å². The highest BCUT2D eigenvalue weighted by Gasteiger charge is 2.36. The lowest BCUT2D eigenvalue weighted by Crippen LogP contribution is -2.22. The lowest BCUT2D eigenvalue weighted by molar-refractivity contribution is -0.276. The van der Waals surface area contributed by atoms with Crippen molar-refractivity contribution in [3.05, 3.63) is 11.9 Å². The van der Waals surface area contributed by atoms with E-state index in [4.69, 9.17) is 5.14 Å². The number of nitrogens with two attached hydrogens (primary N) is 1. The molecule has 0 bridgehead atoms. The highest BCUT2D eigenvalue weighted by molar-refractivity contribution is 7.89. The van der Waals surface area contributed by atoms with E-state index in [0.29, 0.717) is 0 Å². The summed E-state index contributed by atoms with van der Waals surface area (Å²) in [4.78, 5) is 2.71. The molecule has 2 N–H and O–H groups in total. The van der Waals surface area contributed by atoms with Crippen LogP contribution in [0.2, 0.25) is 0 Å². The second-order valence-electron chi connectivity index (χ2n) is 3.16. The molecule has 1 rings (SSSR count). The van der Waals surface area contributed by atoms with Crippen molar-refractivity contribution in [1.29, 1.82) is 0 Å². The molecule has 0 aliphatic carbocycles. The largest absolute Gasteiger partial charge is 0.573 e. The van der Waals surface area contributed by atoms with Gasteiger partial charge in [0.1, 0.15) is 4.90 Å². The van der Waals surface area contributed by atoms with Crippen LogP contribution in [0.4, 0.5) is 13.2 Å². The van der Waals surface area contributed by atoms with Gasteiger partial charge in [0.05, 0.1) is 19.0 Å². The summed E-state index contributed by atoms with van der Waals surface area (Å²) in [5, 5.41) is 4.83. The van der Waals surface area contributed by atoms with E-state index < -0.39 is 32.8 Å². The summed E-state index contributed by atoms with van der Waals surface area (Å²) < 4.78 is 67.4. The maximum absolute atomic E-state index is 12.2. The van der Waals surface area contributed by atoms with Crippen molar-refractivity contribution in [2.45, 2.75) is 18.2 Å². The number of methoxy groups -OCH3 is 1. The Morgan fingerprint density at radius 3 is 2.33 bits per heavy atom. The lowest BCUT2D eigenvalue weighted by Gasteiger charge is -2.16. The van der Waals surface area contributed by atoms with Gasteiger partial charge in [-0.3, -0.25) is 4.98 Å². The smallest absolute Gasteiger partial charge is 0.491 e. The second kappa shape index (κ2) is 4.61. The van der Waals surface area contributed by atoms with Crippen LogP contribution in [-0.2, 0) is 10.0 Å². The molecule has 1 heterocycles. The Morgan fingerprint density at radius 1 is 1.39 bits per heavy atom. The summed E-state index contributed by atoms with van der Waals surface area (Å²) in [6.07, 6.45) is -4.18. The Balaban J connectivity index is 3.57. The van der Waals surface area contributed by atoms with E-state index in [0.717, 1.165) is 13.3 Å². The first-order chi connectivity index (χ1) is 8.06. The zero-order chi connectivity index (χ0) is 14.1. The SMILES string of the molecule is COc1cnc(C)c(S(N)(=O)=O)c1OC(F)(F)F. The summed E-state index contributed by atoms with van der Waals surface area (Å²) in [6.45, 7) is 1.18. The fourth-order valence-corrected chi connectivity index (χ4v) is 2.11. The fourth-order valence-electron chi connectivity index (χ4n) is 1.24. The first kappa shape index (κ1) is 14.5. The van der Waals surface area contributed by atoms with Gasteiger partial charge in [-0.25, -0.2) is 13.6 Å². The molecule has 0 atom stereocenters. The summed E-state index contributed by atoms with van der Waals surface area (Å²) in [5.41, 5.74) is -0.224. The third-order valence-electron chi connectivity index (χ3n) is 1.86. The number of nitrogens with zero attached hydrogens (tertiary/aromatic N) is 1. The Bertz CT molecular complexity index is 556. The number of hydrogen-bond donors (Lipinski definition) is 1. The van der Waals surface area contributed by atoms with E-state index in [1.165, 1.54) is 6.92 Å². The average Bonchev–Trinajstić information content (AvgIpc) is 2.13. The van der Waals surface area contributed by atoms with Crippen molar-refractivity contribution in [2.75, 3.05) is 7.11 Å². The molecular formula is C8H9F3N2O4S. The molecule has 1 aromatic rings. The van der Waals surface area contributed by atoms with Crippen molar-refractivity contribution in [3.63, 3.8) is 0 Å². The van der Waals surface area contributed by atoms with E-state index in [2.05, 4.69) is 14.5 Å². The van der Waals surface area contributed by atoms with Gasteiger partial charge in [0.15, 0.2) is 11.5 Å². The van der Waals surface area contributed by atoms with Crippen LogP contribution in [-0.4, -0.2) is 26.9 Å². The fraction of sp³-hybridized carbons (Fsp3) is 0.375. The Kier molecular flexibility index (Phi) is 3.72. The number of ether oxygens (including phenoxy) is 2. The molecule has 0 aliphatic heterocycles. The third kappa shape index (κ3) is 3.23. The van der Waals surface area contributed by atoms with Gasteiger partial charge < -0.3 is 9.47 Å². The van der Waals surface area contributed by atoms with E-state index in [-0.39, 0.29) is 5.69 Å². The number of pyridine rings is 1. The molecule has 0 unspecified atom stereocenters.